The van der Waals surface area contributed by atoms with Gasteiger partial charge in [0.25, 0.3) is 5.91 Å². The van der Waals surface area contributed by atoms with Crippen LogP contribution in [0.3, 0.4) is 0 Å². The lowest BCUT2D eigenvalue weighted by atomic mass is 9.97. The summed E-state index contributed by atoms with van der Waals surface area (Å²) in [5, 5.41) is 3.49. The number of hydrogen-bond acceptors (Lipinski definition) is 3. The van der Waals surface area contributed by atoms with Crippen molar-refractivity contribution in [2.75, 3.05) is 32.8 Å². The van der Waals surface area contributed by atoms with Crippen molar-refractivity contribution in [3.63, 3.8) is 0 Å². The maximum Gasteiger partial charge on any atom is 0.275 e. The van der Waals surface area contributed by atoms with Crippen LogP contribution >= 0.6 is 11.6 Å². The van der Waals surface area contributed by atoms with Crippen LogP contribution in [0.1, 0.15) is 12.8 Å². The minimum atomic E-state index is -0.265. The predicted octanol–water partition coefficient (Wildman–Crippen LogP) is -0.385. The molecule has 1 aromatic carbocycles. The van der Waals surface area contributed by atoms with E-state index in [1.54, 1.807) is 24.3 Å². The van der Waals surface area contributed by atoms with Crippen molar-refractivity contribution in [3.05, 3.63) is 29.3 Å². The van der Waals surface area contributed by atoms with Crippen molar-refractivity contribution in [2.24, 2.45) is 11.7 Å². The molecule has 6 nitrogen and oxygen atoms in total. The van der Waals surface area contributed by atoms with E-state index in [2.05, 4.69) is 5.32 Å². The molecule has 2 rings (SSSR count). The van der Waals surface area contributed by atoms with Gasteiger partial charge in [0.2, 0.25) is 5.91 Å². The number of ether oxygens (including phenoxy) is 1. The van der Waals surface area contributed by atoms with E-state index in [-0.39, 0.29) is 17.7 Å². The highest BCUT2D eigenvalue weighted by Gasteiger charge is 2.28. The highest BCUT2D eigenvalue weighted by molar-refractivity contribution is 6.30. The average molecular weight is 341 g/mol. The van der Waals surface area contributed by atoms with E-state index in [0.29, 0.717) is 31.3 Å². The molecule has 126 valence electrons. The van der Waals surface area contributed by atoms with E-state index >= 15 is 0 Å². The van der Waals surface area contributed by atoms with Crippen molar-refractivity contribution < 1.29 is 19.2 Å². The Morgan fingerprint density at radius 2 is 2.09 bits per heavy atom. The third-order valence-corrected chi connectivity index (χ3v) is 4.19. The van der Waals surface area contributed by atoms with Gasteiger partial charge in [0.05, 0.1) is 25.6 Å². The second-order valence-electron chi connectivity index (χ2n) is 5.77. The van der Waals surface area contributed by atoms with E-state index in [1.165, 1.54) is 0 Å². The van der Waals surface area contributed by atoms with Crippen LogP contribution in [-0.4, -0.2) is 44.6 Å². The van der Waals surface area contributed by atoms with Gasteiger partial charge in [-0.2, -0.15) is 0 Å². The van der Waals surface area contributed by atoms with Gasteiger partial charge in [0.1, 0.15) is 12.4 Å². The molecule has 7 heteroatoms. The van der Waals surface area contributed by atoms with Crippen molar-refractivity contribution in [1.29, 1.82) is 0 Å². The molecule has 0 saturated carbocycles. The number of halogens is 1. The Hall–Kier alpha value is -1.79. The summed E-state index contributed by atoms with van der Waals surface area (Å²) in [5.41, 5.74) is 5.35. The largest absolute Gasteiger partial charge is 0.492 e. The minimum absolute atomic E-state index is 0.0372. The van der Waals surface area contributed by atoms with E-state index in [0.717, 1.165) is 30.0 Å². The first kappa shape index (κ1) is 17.6. The van der Waals surface area contributed by atoms with Crippen LogP contribution in [0.4, 0.5) is 0 Å². The monoisotopic (exact) mass is 340 g/mol. The van der Waals surface area contributed by atoms with Crippen LogP contribution in [0.25, 0.3) is 0 Å². The third kappa shape index (κ3) is 6.08. The fraction of sp³-hybridized carbons (Fsp3) is 0.500. The third-order valence-electron chi connectivity index (χ3n) is 3.94. The summed E-state index contributed by atoms with van der Waals surface area (Å²) in [6.45, 7) is 2.74. The molecule has 0 aliphatic carbocycles. The Morgan fingerprint density at radius 1 is 1.35 bits per heavy atom. The molecule has 1 unspecified atom stereocenters. The fourth-order valence-electron chi connectivity index (χ4n) is 2.73. The average Bonchev–Trinajstić information content (AvgIpc) is 2.53. The molecule has 1 aromatic rings. The second-order valence-corrected chi connectivity index (χ2v) is 6.21. The molecule has 0 aromatic heterocycles. The predicted molar refractivity (Wildman–Crippen MR) is 87.4 cm³/mol. The molecule has 4 N–H and O–H groups in total. The number of nitrogens with one attached hydrogen (secondary N) is 2. The first-order chi connectivity index (χ1) is 11.0. The summed E-state index contributed by atoms with van der Waals surface area (Å²) in [6.07, 6.45) is 1.76. The number of nitrogens with two attached hydrogens (primary N) is 1. The minimum Gasteiger partial charge on any atom is -0.492 e. The number of primary amides is 1. The van der Waals surface area contributed by atoms with Gasteiger partial charge in [0, 0.05) is 5.02 Å². The number of quaternary nitrogens is 1. The number of carbonyl (C=O) groups excluding carboxylic acids is 2. The molecule has 1 aliphatic rings. The maximum atomic E-state index is 11.9. The second kappa shape index (κ2) is 8.74. The van der Waals surface area contributed by atoms with Crippen LogP contribution in [0.2, 0.25) is 5.02 Å². The Kier molecular flexibility index (Phi) is 6.67. The molecule has 0 radical (unpaired) electrons. The highest BCUT2D eigenvalue weighted by atomic mass is 35.5. The number of benzene rings is 1. The summed E-state index contributed by atoms with van der Waals surface area (Å²) in [5.74, 6) is 0.304. The van der Waals surface area contributed by atoms with Gasteiger partial charge in [-0.25, -0.2) is 0 Å². The number of carbonyl (C=O) groups is 2. The molecule has 0 bridgehead atoms. The maximum absolute atomic E-state index is 11.9. The van der Waals surface area contributed by atoms with Gasteiger partial charge in [0.15, 0.2) is 6.54 Å². The molecule has 0 spiro atoms. The standard InChI is InChI=1S/C16H22ClN3O3/c17-13-3-5-14(6-4-13)23-9-7-19-15(21)11-20-8-1-2-12(10-20)16(18)22/h3-6,12H,1-2,7-11H2,(H2,18,22)(H,19,21)/p+1/t12-/m1/s1. The van der Waals surface area contributed by atoms with Crippen LogP contribution in [0.5, 0.6) is 5.75 Å². The van der Waals surface area contributed by atoms with Gasteiger partial charge in [-0.3, -0.25) is 9.59 Å². The number of likely N-dealkylation sites (tertiary alicyclic amines) is 1. The van der Waals surface area contributed by atoms with E-state index in [9.17, 15) is 9.59 Å². The lowest BCUT2D eigenvalue weighted by Crippen LogP contribution is -3.15. The molecular formula is C16H23ClN3O3+. The SMILES string of the molecule is NC(=O)[C@@H]1CCC[NH+](CC(=O)NCCOc2ccc(Cl)cc2)C1. The number of amides is 2. The van der Waals surface area contributed by atoms with Gasteiger partial charge >= 0.3 is 0 Å². The van der Waals surface area contributed by atoms with Crippen LogP contribution in [-0.2, 0) is 9.59 Å². The summed E-state index contributed by atoms with van der Waals surface area (Å²) in [6, 6.07) is 7.08. The Bertz CT molecular complexity index is 536. The molecule has 23 heavy (non-hydrogen) atoms. The molecular weight excluding hydrogens is 318 g/mol. The topological polar surface area (TPSA) is 85.9 Å². The smallest absolute Gasteiger partial charge is 0.275 e. The van der Waals surface area contributed by atoms with E-state index < -0.39 is 0 Å². The van der Waals surface area contributed by atoms with Crippen LogP contribution in [0, 0.1) is 5.92 Å². The van der Waals surface area contributed by atoms with Gasteiger partial charge in [-0.05, 0) is 37.1 Å². The highest BCUT2D eigenvalue weighted by Crippen LogP contribution is 2.15. The molecule has 1 fully saturated rings. The molecule has 2 atom stereocenters. The van der Waals surface area contributed by atoms with Crippen molar-refractivity contribution in [1.82, 2.24) is 5.32 Å². The molecule has 1 aliphatic heterocycles. The molecule has 2 amide bonds. The van der Waals surface area contributed by atoms with Gasteiger partial charge in [-0.1, -0.05) is 11.6 Å². The van der Waals surface area contributed by atoms with Crippen molar-refractivity contribution in [3.8, 4) is 5.75 Å². The van der Waals surface area contributed by atoms with Crippen molar-refractivity contribution in [2.45, 2.75) is 12.8 Å². The zero-order chi connectivity index (χ0) is 16.7. The van der Waals surface area contributed by atoms with Crippen molar-refractivity contribution >= 4 is 23.4 Å². The van der Waals surface area contributed by atoms with E-state index in [1.807, 2.05) is 0 Å². The lowest BCUT2D eigenvalue weighted by molar-refractivity contribution is -0.899. The summed E-state index contributed by atoms with van der Waals surface area (Å²) in [7, 11) is 0. The van der Waals surface area contributed by atoms with Gasteiger partial charge < -0.3 is 20.7 Å². The zero-order valence-corrected chi connectivity index (χ0v) is 13.8. The number of hydrogen-bond donors (Lipinski definition) is 3. The van der Waals surface area contributed by atoms with Gasteiger partial charge in [-0.15, -0.1) is 0 Å². The number of piperidine rings is 1. The van der Waals surface area contributed by atoms with E-state index in [4.69, 9.17) is 22.1 Å². The molecule has 1 heterocycles. The summed E-state index contributed by atoms with van der Waals surface area (Å²) < 4.78 is 5.51. The summed E-state index contributed by atoms with van der Waals surface area (Å²) in [4.78, 5) is 24.3. The van der Waals surface area contributed by atoms with Crippen LogP contribution in [0.15, 0.2) is 24.3 Å². The first-order valence-corrected chi connectivity index (χ1v) is 8.20. The zero-order valence-electron chi connectivity index (χ0n) is 13.0. The Balaban J connectivity index is 1.63. The fourth-order valence-corrected chi connectivity index (χ4v) is 2.86. The number of rotatable bonds is 7. The van der Waals surface area contributed by atoms with Crippen LogP contribution < -0.4 is 20.7 Å². The first-order valence-electron chi connectivity index (χ1n) is 7.82. The quantitative estimate of drug-likeness (QED) is 0.591. The Labute approximate surface area is 140 Å². The normalized spacial score (nSPS) is 20.7. The summed E-state index contributed by atoms with van der Waals surface area (Å²) >= 11 is 5.79. The lowest BCUT2D eigenvalue weighted by Gasteiger charge is -2.27. The molecule has 1 saturated heterocycles. The Morgan fingerprint density at radius 3 is 2.78 bits per heavy atom.